The van der Waals surface area contributed by atoms with Gasteiger partial charge in [0.25, 0.3) is 0 Å². The average Bonchev–Trinajstić information content (AvgIpc) is 3.07. The molecule has 0 amide bonds. The number of ether oxygens (including phenoxy) is 1. The van der Waals surface area contributed by atoms with Gasteiger partial charge >= 0.3 is 5.97 Å². The predicted octanol–water partition coefficient (Wildman–Crippen LogP) is 4.79. The van der Waals surface area contributed by atoms with E-state index >= 15 is 0 Å². The number of rotatable bonds is 4. The highest BCUT2D eigenvalue weighted by Gasteiger charge is 2.49. The van der Waals surface area contributed by atoms with E-state index in [0.29, 0.717) is 5.56 Å². The highest BCUT2D eigenvalue weighted by molar-refractivity contribution is 5.97. The first kappa shape index (κ1) is 21.8. The van der Waals surface area contributed by atoms with Gasteiger partial charge in [-0.3, -0.25) is 0 Å². The summed E-state index contributed by atoms with van der Waals surface area (Å²) in [6.07, 6.45) is 0. The molecule has 32 heavy (non-hydrogen) atoms. The van der Waals surface area contributed by atoms with Crippen molar-refractivity contribution < 1.29 is 9.53 Å². The number of carbonyl (C=O) groups excluding carboxylic acids is 1. The van der Waals surface area contributed by atoms with Gasteiger partial charge in [0.1, 0.15) is 0 Å². The second-order valence-electron chi connectivity index (χ2n) is 9.04. The number of cyclic esters (lactones) is 1. The number of nitrogens with zero attached hydrogens (tertiary/aromatic N) is 2. The first-order valence-corrected chi connectivity index (χ1v) is 10.8. The number of fused-ring (bicyclic) bond motifs is 1. The molecule has 0 saturated heterocycles. The van der Waals surface area contributed by atoms with Crippen LogP contribution in [0.2, 0.25) is 0 Å². The van der Waals surface area contributed by atoms with Crippen LogP contribution >= 0.6 is 0 Å². The molecule has 3 aromatic rings. The normalized spacial score (nSPS) is 17.2. The molecule has 1 unspecified atom stereocenters. The summed E-state index contributed by atoms with van der Waals surface area (Å²) < 4.78 is 6.35. The number of hydrogen-bond acceptors (Lipinski definition) is 5. The summed E-state index contributed by atoms with van der Waals surface area (Å²) in [6.45, 7) is 6.08. The van der Waals surface area contributed by atoms with Gasteiger partial charge in [-0.25, -0.2) is 4.79 Å². The molecule has 0 aliphatic carbocycles. The highest BCUT2D eigenvalue weighted by atomic mass is 16.6. The van der Waals surface area contributed by atoms with Crippen LogP contribution in [0.3, 0.4) is 0 Å². The van der Waals surface area contributed by atoms with Crippen LogP contribution in [0.4, 0.5) is 17.1 Å². The van der Waals surface area contributed by atoms with Crippen LogP contribution in [0.5, 0.6) is 0 Å². The predicted molar refractivity (Wildman–Crippen MR) is 132 cm³/mol. The smallest absolute Gasteiger partial charge is 0.340 e. The van der Waals surface area contributed by atoms with Crippen LogP contribution in [0.25, 0.3) is 0 Å². The highest BCUT2D eigenvalue weighted by Crippen LogP contribution is 2.50. The van der Waals surface area contributed by atoms with Crippen LogP contribution in [0, 0.1) is 20.8 Å². The van der Waals surface area contributed by atoms with Gasteiger partial charge in [-0.05, 0) is 67.8 Å². The Morgan fingerprint density at radius 3 is 1.97 bits per heavy atom. The van der Waals surface area contributed by atoms with Crippen LogP contribution in [-0.2, 0) is 10.3 Å². The second-order valence-corrected chi connectivity index (χ2v) is 9.04. The van der Waals surface area contributed by atoms with Crippen molar-refractivity contribution in [3.63, 3.8) is 0 Å². The van der Waals surface area contributed by atoms with E-state index in [1.54, 1.807) is 0 Å². The summed E-state index contributed by atoms with van der Waals surface area (Å²) in [5.74, 6) is -0.313. The minimum atomic E-state index is -1.03. The molecular formula is C27H31N3O2. The summed E-state index contributed by atoms with van der Waals surface area (Å²) in [6, 6.07) is 16.3. The number of aryl methyl sites for hydroxylation is 1. The average molecular weight is 430 g/mol. The fourth-order valence-corrected chi connectivity index (χ4v) is 4.57. The van der Waals surface area contributed by atoms with Gasteiger partial charge in [-0.15, -0.1) is 0 Å². The van der Waals surface area contributed by atoms with Gasteiger partial charge in [-0.1, -0.05) is 18.2 Å². The quantitative estimate of drug-likeness (QED) is 0.477. The van der Waals surface area contributed by atoms with Gasteiger partial charge in [0.05, 0.1) is 5.56 Å². The van der Waals surface area contributed by atoms with Crippen molar-refractivity contribution in [2.24, 2.45) is 0 Å². The zero-order valence-corrected chi connectivity index (χ0v) is 19.9. The maximum Gasteiger partial charge on any atom is 0.340 e. The van der Waals surface area contributed by atoms with Crippen LogP contribution < -0.4 is 15.5 Å². The molecule has 2 N–H and O–H groups in total. The Hall–Kier alpha value is -3.47. The first-order valence-electron chi connectivity index (χ1n) is 10.8. The molecule has 0 fully saturated rings. The Balaban J connectivity index is 2.07. The lowest BCUT2D eigenvalue weighted by Crippen LogP contribution is -2.31. The third-order valence-corrected chi connectivity index (χ3v) is 6.69. The Bertz CT molecular complexity index is 1210. The molecule has 5 heteroatoms. The van der Waals surface area contributed by atoms with E-state index < -0.39 is 5.60 Å². The minimum Gasteiger partial charge on any atom is -0.441 e. The summed E-state index contributed by atoms with van der Waals surface area (Å²) in [4.78, 5) is 17.3. The second kappa shape index (κ2) is 7.59. The standard InChI is InChI=1S/C27H31N3O2/c1-16-14-24(17(2)18(3)25(16)28)27(19-8-10-20(11-9-19)29(4)5)23-13-12-21(30(6)7)15-22(23)26(31)32-27/h8-15H,28H2,1-7H3. The van der Waals surface area contributed by atoms with Crippen molar-refractivity contribution in [1.82, 2.24) is 0 Å². The molecule has 0 radical (unpaired) electrons. The van der Waals surface area contributed by atoms with Gasteiger partial charge in [0, 0.05) is 61.9 Å². The molecule has 1 heterocycles. The van der Waals surface area contributed by atoms with E-state index in [-0.39, 0.29) is 5.97 Å². The van der Waals surface area contributed by atoms with Crippen molar-refractivity contribution in [2.75, 3.05) is 43.7 Å². The molecule has 1 aliphatic heterocycles. The zero-order valence-electron chi connectivity index (χ0n) is 19.9. The number of anilines is 3. The van der Waals surface area contributed by atoms with E-state index in [1.807, 2.05) is 65.1 Å². The summed E-state index contributed by atoms with van der Waals surface area (Å²) >= 11 is 0. The van der Waals surface area contributed by atoms with E-state index in [1.165, 1.54) is 0 Å². The maximum absolute atomic E-state index is 13.3. The lowest BCUT2D eigenvalue weighted by Gasteiger charge is -2.33. The number of benzene rings is 3. The molecule has 0 aromatic heterocycles. The molecule has 166 valence electrons. The van der Waals surface area contributed by atoms with Crippen molar-refractivity contribution in [1.29, 1.82) is 0 Å². The molecule has 0 spiro atoms. The first-order chi connectivity index (χ1) is 15.1. The Morgan fingerprint density at radius 2 is 1.38 bits per heavy atom. The SMILES string of the molecule is Cc1cc(C2(c3ccc(N(C)C)cc3)OC(=O)c3cc(N(C)C)ccc32)c(C)c(C)c1N. The monoisotopic (exact) mass is 429 g/mol. The Kier molecular flexibility index (Phi) is 5.16. The third-order valence-electron chi connectivity index (χ3n) is 6.69. The van der Waals surface area contributed by atoms with Gasteiger partial charge in [0.2, 0.25) is 0 Å². The number of nitrogens with two attached hydrogens (primary N) is 1. The number of nitrogen functional groups attached to an aromatic ring is 1. The molecule has 0 bridgehead atoms. The van der Waals surface area contributed by atoms with Gasteiger partial charge in [0.15, 0.2) is 5.60 Å². The van der Waals surface area contributed by atoms with E-state index in [9.17, 15) is 4.79 Å². The zero-order chi connectivity index (χ0) is 23.4. The lowest BCUT2D eigenvalue weighted by molar-refractivity contribution is 0.0249. The summed E-state index contributed by atoms with van der Waals surface area (Å²) in [5, 5.41) is 0. The topological polar surface area (TPSA) is 58.8 Å². The molecular weight excluding hydrogens is 398 g/mol. The summed E-state index contributed by atoms with van der Waals surface area (Å²) in [7, 11) is 7.95. The van der Waals surface area contributed by atoms with Crippen LogP contribution in [0.1, 0.15) is 43.7 Å². The molecule has 0 saturated carbocycles. The van der Waals surface area contributed by atoms with Crippen LogP contribution in [-0.4, -0.2) is 34.2 Å². The van der Waals surface area contributed by atoms with E-state index in [4.69, 9.17) is 10.5 Å². The summed E-state index contributed by atoms with van der Waals surface area (Å²) in [5.41, 5.74) is 14.5. The van der Waals surface area contributed by atoms with Crippen molar-refractivity contribution in [3.05, 3.63) is 87.5 Å². The van der Waals surface area contributed by atoms with Crippen molar-refractivity contribution in [2.45, 2.75) is 26.4 Å². The van der Waals surface area contributed by atoms with Crippen molar-refractivity contribution >= 4 is 23.0 Å². The molecule has 5 nitrogen and oxygen atoms in total. The maximum atomic E-state index is 13.3. The van der Waals surface area contributed by atoms with E-state index in [0.717, 1.165) is 50.4 Å². The number of esters is 1. The fraction of sp³-hybridized carbons (Fsp3) is 0.296. The fourth-order valence-electron chi connectivity index (χ4n) is 4.57. The minimum absolute atomic E-state index is 0.313. The van der Waals surface area contributed by atoms with Gasteiger partial charge in [-0.2, -0.15) is 0 Å². The van der Waals surface area contributed by atoms with Crippen molar-refractivity contribution in [3.8, 4) is 0 Å². The molecule has 3 aromatic carbocycles. The van der Waals surface area contributed by atoms with Crippen LogP contribution in [0.15, 0.2) is 48.5 Å². The van der Waals surface area contributed by atoms with Gasteiger partial charge < -0.3 is 20.3 Å². The Labute approximate surface area is 190 Å². The lowest BCUT2D eigenvalue weighted by atomic mass is 9.76. The number of hydrogen-bond donors (Lipinski definition) is 1. The third kappa shape index (κ3) is 3.11. The number of carbonyl (C=O) groups is 1. The largest absolute Gasteiger partial charge is 0.441 e. The molecule has 4 rings (SSSR count). The Morgan fingerprint density at radius 1 is 0.781 bits per heavy atom. The molecule has 1 atom stereocenters. The van der Waals surface area contributed by atoms with E-state index in [2.05, 4.69) is 42.2 Å². The molecule has 1 aliphatic rings.